The van der Waals surface area contributed by atoms with Crippen LogP contribution in [0, 0.1) is 0 Å². The molecule has 2 aliphatic rings. The number of fused-ring (bicyclic) bond motifs is 2. The number of likely N-dealkylation sites (tertiary alicyclic amines) is 1. The molecule has 1 N–H and O–H groups in total. The Balaban J connectivity index is 1.71. The maximum absolute atomic E-state index is 13.8. The van der Waals surface area contributed by atoms with Gasteiger partial charge in [0, 0.05) is 31.3 Å². The number of rotatable bonds is 5. The summed E-state index contributed by atoms with van der Waals surface area (Å²) < 4.78 is 0. The van der Waals surface area contributed by atoms with Crippen LogP contribution < -0.4 is 0 Å². The average molecular weight is 364 g/mol. The second kappa shape index (κ2) is 7.83. The fraction of sp³-hybridized carbons (Fsp3) is 0.435. The molecule has 0 radical (unpaired) electrons. The first-order valence-corrected chi connectivity index (χ1v) is 9.94. The van der Waals surface area contributed by atoms with Crippen LogP contribution in [0.3, 0.4) is 0 Å². The first-order chi connectivity index (χ1) is 13.2. The van der Waals surface area contributed by atoms with Gasteiger partial charge in [0.25, 0.3) is 0 Å². The molecule has 27 heavy (non-hydrogen) atoms. The van der Waals surface area contributed by atoms with E-state index in [1.165, 1.54) is 0 Å². The highest BCUT2D eigenvalue weighted by atomic mass is 16.3. The van der Waals surface area contributed by atoms with Crippen molar-refractivity contribution in [2.45, 2.75) is 43.3 Å². The Kier molecular flexibility index (Phi) is 5.28. The number of carbonyl (C=O) groups is 1. The summed E-state index contributed by atoms with van der Waals surface area (Å²) in [6.45, 7) is 0.872. The Morgan fingerprint density at radius 1 is 1.04 bits per heavy atom. The van der Waals surface area contributed by atoms with Gasteiger partial charge in [0.2, 0.25) is 5.91 Å². The molecule has 3 atom stereocenters. The van der Waals surface area contributed by atoms with E-state index in [1.807, 2.05) is 60.7 Å². The lowest BCUT2D eigenvalue weighted by molar-refractivity contribution is -0.139. The van der Waals surface area contributed by atoms with Crippen molar-refractivity contribution >= 4 is 5.91 Å². The van der Waals surface area contributed by atoms with E-state index in [0.29, 0.717) is 18.5 Å². The van der Waals surface area contributed by atoms with E-state index < -0.39 is 0 Å². The summed E-state index contributed by atoms with van der Waals surface area (Å²) in [6.07, 6.45) is 2.88. The van der Waals surface area contributed by atoms with Crippen molar-refractivity contribution in [2.75, 3.05) is 20.2 Å². The molecule has 0 aliphatic carbocycles. The van der Waals surface area contributed by atoms with Gasteiger partial charge in [-0.1, -0.05) is 60.7 Å². The SMILES string of the molecule is CN1C2CCC1[C@@H](CCO)N(C(=O)C(c1ccccc1)c1ccccc1)C2. The fourth-order valence-corrected chi connectivity index (χ4v) is 4.96. The molecule has 2 aliphatic heterocycles. The first kappa shape index (κ1) is 18.2. The first-order valence-electron chi connectivity index (χ1n) is 9.94. The number of hydrogen-bond donors (Lipinski definition) is 1. The van der Waals surface area contributed by atoms with Crippen molar-refractivity contribution in [3.63, 3.8) is 0 Å². The van der Waals surface area contributed by atoms with E-state index in [-0.39, 0.29) is 24.5 Å². The minimum absolute atomic E-state index is 0.0844. The van der Waals surface area contributed by atoms with Crippen LogP contribution in [0.4, 0.5) is 0 Å². The highest BCUT2D eigenvalue weighted by molar-refractivity contribution is 5.87. The number of carbonyl (C=O) groups excluding carboxylic acids is 1. The minimum atomic E-state index is -0.295. The molecular weight excluding hydrogens is 336 g/mol. The zero-order valence-electron chi connectivity index (χ0n) is 15.9. The van der Waals surface area contributed by atoms with Gasteiger partial charge in [-0.3, -0.25) is 9.69 Å². The smallest absolute Gasteiger partial charge is 0.234 e. The van der Waals surface area contributed by atoms with Crippen LogP contribution in [-0.2, 0) is 4.79 Å². The predicted molar refractivity (Wildman–Crippen MR) is 107 cm³/mol. The predicted octanol–water partition coefficient (Wildman–Crippen LogP) is 2.87. The van der Waals surface area contributed by atoms with Gasteiger partial charge in [0.05, 0.1) is 5.92 Å². The molecule has 2 fully saturated rings. The van der Waals surface area contributed by atoms with E-state index in [9.17, 15) is 9.90 Å². The molecule has 2 unspecified atom stereocenters. The Morgan fingerprint density at radius 3 is 2.19 bits per heavy atom. The molecule has 0 saturated carbocycles. The van der Waals surface area contributed by atoms with Crippen LogP contribution >= 0.6 is 0 Å². The van der Waals surface area contributed by atoms with Gasteiger partial charge in [-0.15, -0.1) is 0 Å². The van der Waals surface area contributed by atoms with Gasteiger partial charge in [-0.25, -0.2) is 0 Å². The Labute approximate surface area is 161 Å². The van der Waals surface area contributed by atoms with Gasteiger partial charge in [-0.2, -0.15) is 0 Å². The number of benzene rings is 2. The molecule has 2 aromatic carbocycles. The fourth-order valence-electron chi connectivity index (χ4n) is 4.96. The monoisotopic (exact) mass is 364 g/mol. The van der Waals surface area contributed by atoms with Crippen LogP contribution in [0.1, 0.15) is 36.3 Å². The standard InChI is InChI=1S/C23H28N2O2/c1-24-19-12-13-20(24)21(14-15-26)25(16-19)23(27)22(17-8-4-2-5-9-17)18-10-6-3-7-11-18/h2-11,19-22,26H,12-16H2,1H3/t19?,20?,21-/m1/s1. The van der Waals surface area contributed by atoms with Gasteiger partial charge < -0.3 is 10.0 Å². The lowest BCUT2D eigenvalue weighted by Gasteiger charge is -2.46. The molecule has 0 spiro atoms. The van der Waals surface area contributed by atoms with Gasteiger partial charge in [0.15, 0.2) is 0 Å². The normalized spacial score (nSPS) is 25.1. The van der Waals surface area contributed by atoms with E-state index in [2.05, 4.69) is 16.8 Å². The second-order valence-corrected chi connectivity index (χ2v) is 7.79. The third-order valence-corrected chi connectivity index (χ3v) is 6.37. The summed E-state index contributed by atoms with van der Waals surface area (Å²) in [6, 6.07) is 21.0. The molecule has 4 nitrogen and oxygen atoms in total. The number of aliphatic hydroxyl groups excluding tert-OH is 1. The van der Waals surface area contributed by atoms with Crippen LogP contribution in [0.2, 0.25) is 0 Å². The van der Waals surface area contributed by atoms with Gasteiger partial charge in [-0.05, 0) is 37.4 Å². The van der Waals surface area contributed by atoms with E-state index in [4.69, 9.17) is 0 Å². The number of amides is 1. The molecule has 2 heterocycles. The summed E-state index contributed by atoms with van der Waals surface area (Å²) in [5.74, 6) is -0.132. The van der Waals surface area contributed by atoms with Crippen LogP contribution in [0.5, 0.6) is 0 Å². The maximum Gasteiger partial charge on any atom is 0.234 e. The molecule has 142 valence electrons. The molecule has 2 saturated heterocycles. The topological polar surface area (TPSA) is 43.8 Å². The zero-order valence-corrected chi connectivity index (χ0v) is 15.9. The van der Waals surface area contributed by atoms with Crippen molar-refractivity contribution in [3.8, 4) is 0 Å². The van der Waals surface area contributed by atoms with Gasteiger partial charge in [0.1, 0.15) is 0 Å². The van der Waals surface area contributed by atoms with Crippen molar-refractivity contribution in [2.24, 2.45) is 0 Å². The minimum Gasteiger partial charge on any atom is -0.396 e. The molecule has 4 rings (SSSR count). The maximum atomic E-state index is 13.8. The zero-order chi connectivity index (χ0) is 18.8. The number of nitrogens with zero attached hydrogens (tertiary/aromatic N) is 2. The van der Waals surface area contributed by atoms with Crippen molar-refractivity contribution in [1.29, 1.82) is 0 Å². The van der Waals surface area contributed by atoms with Crippen molar-refractivity contribution in [3.05, 3.63) is 71.8 Å². The number of hydrogen-bond acceptors (Lipinski definition) is 3. The van der Waals surface area contributed by atoms with Crippen molar-refractivity contribution in [1.82, 2.24) is 9.80 Å². The average Bonchev–Trinajstić information content (AvgIpc) is 2.94. The lowest BCUT2D eigenvalue weighted by Crippen LogP contribution is -2.60. The third-order valence-electron chi connectivity index (χ3n) is 6.37. The van der Waals surface area contributed by atoms with Crippen molar-refractivity contribution < 1.29 is 9.90 Å². The summed E-state index contributed by atoms with van der Waals surface area (Å²) in [4.78, 5) is 18.3. The molecule has 0 aromatic heterocycles. The summed E-state index contributed by atoms with van der Waals surface area (Å²) in [7, 11) is 2.17. The molecule has 1 amide bonds. The lowest BCUT2D eigenvalue weighted by atomic mass is 9.88. The molecule has 2 bridgehead atoms. The number of likely N-dealkylation sites (N-methyl/N-ethyl adjacent to an activating group) is 1. The van der Waals surface area contributed by atoms with Gasteiger partial charge >= 0.3 is 0 Å². The molecule has 2 aromatic rings. The Morgan fingerprint density at radius 2 is 1.63 bits per heavy atom. The molecule has 4 heteroatoms. The number of piperazine rings is 1. The Bertz CT molecular complexity index is 725. The van der Waals surface area contributed by atoms with Crippen LogP contribution in [0.25, 0.3) is 0 Å². The second-order valence-electron chi connectivity index (χ2n) is 7.79. The summed E-state index contributed by atoms with van der Waals surface area (Å²) in [5, 5.41) is 9.65. The highest BCUT2D eigenvalue weighted by Gasteiger charge is 2.46. The van der Waals surface area contributed by atoms with E-state index >= 15 is 0 Å². The summed E-state index contributed by atoms with van der Waals surface area (Å²) in [5.41, 5.74) is 2.06. The van der Waals surface area contributed by atoms with Crippen LogP contribution in [0.15, 0.2) is 60.7 Å². The van der Waals surface area contributed by atoms with E-state index in [0.717, 1.165) is 30.5 Å². The Hall–Kier alpha value is -2.17. The van der Waals surface area contributed by atoms with Crippen LogP contribution in [-0.4, -0.2) is 59.1 Å². The number of aliphatic hydroxyl groups is 1. The quantitative estimate of drug-likeness (QED) is 0.887. The summed E-state index contributed by atoms with van der Waals surface area (Å²) >= 11 is 0. The highest BCUT2D eigenvalue weighted by Crippen LogP contribution is 2.37. The van der Waals surface area contributed by atoms with E-state index in [1.54, 1.807) is 0 Å². The largest absolute Gasteiger partial charge is 0.396 e. The third kappa shape index (κ3) is 3.40. The molecular formula is C23H28N2O2.